The van der Waals surface area contributed by atoms with Crippen LogP contribution in [0.5, 0.6) is 0 Å². The Morgan fingerprint density at radius 2 is 2.00 bits per heavy atom. The number of amides is 1. The number of nitrogen functional groups attached to an aromatic ring is 1. The molecule has 0 radical (unpaired) electrons. The smallest absolute Gasteiger partial charge is 0.245 e. The van der Waals surface area contributed by atoms with Gasteiger partial charge in [0.1, 0.15) is 10.7 Å². The van der Waals surface area contributed by atoms with Crippen LogP contribution in [-0.4, -0.2) is 55.7 Å². The van der Waals surface area contributed by atoms with Crippen molar-refractivity contribution in [1.29, 1.82) is 0 Å². The third kappa shape index (κ3) is 3.91. The Morgan fingerprint density at radius 3 is 2.45 bits per heavy atom. The molecule has 2 N–H and O–H groups in total. The van der Waals surface area contributed by atoms with Gasteiger partial charge in [-0.15, -0.1) is 0 Å². The zero-order valence-corrected chi connectivity index (χ0v) is 12.7. The molecular formula is C12H20N4O3S. The number of carbonyl (C=O) groups is 1. The minimum absolute atomic E-state index is 0.0340. The minimum atomic E-state index is -3.74. The molecule has 0 atom stereocenters. The number of sulfonamides is 1. The molecular weight excluding hydrogens is 280 g/mol. The highest BCUT2D eigenvalue weighted by Crippen LogP contribution is 2.16. The van der Waals surface area contributed by atoms with E-state index in [1.165, 1.54) is 23.2 Å². The van der Waals surface area contributed by atoms with E-state index in [1.807, 2.05) is 6.92 Å². The van der Waals surface area contributed by atoms with Crippen molar-refractivity contribution in [3.8, 4) is 0 Å². The number of hydrogen-bond acceptors (Lipinski definition) is 5. The number of carbonyl (C=O) groups excluding carboxylic acids is 1. The van der Waals surface area contributed by atoms with E-state index >= 15 is 0 Å². The van der Waals surface area contributed by atoms with Gasteiger partial charge in [0.25, 0.3) is 0 Å². The molecule has 0 unspecified atom stereocenters. The predicted molar refractivity (Wildman–Crippen MR) is 76.4 cm³/mol. The summed E-state index contributed by atoms with van der Waals surface area (Å²) in [7, 11) is -0.566. The monoisotopic (exact) mass is 300 g/mol. The van der Waals surface area contributed by atoms with Crippen LogP contribution in [0.15, 0.2) is 23.2 Å². The third-order valence-electron chi connectivity index (χ3n) is 2.68. The molecule has 0 fully saturated rings. The van der Waals surface area contributed by atoms with Gasteiger partial charge in [-0.25, -0.2) is 13.4 Å². The number of aromatic nitrogens is 1. The molecule has 1 rings (SSSR count). The SMILES string of the molecule is CCCN(CC(=O)N(C)C)S(=O)(=O)c1ccc(N)nc1. The lowest BCUT2D eigenvalue weighted by Gasteiger charge is -2.22. The van der Waals surface area contributed by atoms with Crippen molar-refractivity contribution in [3.63, 3.8) is 0 Å². The normalized spacial score (nSPS) is 11.6. The zero-order chi connectivity index (χ0) is 15.3. The molecule has 20 heavy (non-hydrogen) atoms. The summed E-state index contributed by atoms with van der Waals surface area (Å²) in [5.41, 5.74) is 5.44. The summed E-state index contributed by atoms with van der Waals surface area (Å²) < 4.78 is 26.1. The molecule has 0 bridgehead atoms. The molecule has 0 aliphatic rings. The predicted octanol–water partition coefficient (Wildman–Crippen LogP) is 0.153. The maximum Gasteiger partial charge on any atom is 0.245 e. The Hall–Kier alpha value is -1.67. The van der Waals surface area contributed by atoms with Crippen LogP contribution >= 0.6 is 0 Å². The Kier molecular flexibility index (Phi) is 5.46. The van der Waals surface area contributed by atoms with Gasteiger partial charge in [0.05, 0.1) is 6.54 Å². The largest absolute Gasteiger partial charge is 0.384 e. The number of nitrogens with two attached hydrogens (primary N) is 1. The van der Waals surface area contributed by atoms with Crippen LogP contribution in [0, 0.1) is 0 Å². The average Bonchev–Trinajstić information content (AvgIpc) is 2.38. The molecule has 1 heterocycles. The Bertz CT molecular complexity index is 555. The molecule has 0 aliphatic carbocycles. The number of hydrogen-bond donors (Lipinski definition) is 1. The van der Waals surface area contributed by atoms with Crippen molar-refractivity contribution in [2.24, 2.45) is 0 Å². The molecule has 7 nitrogen and oxygen atoms in total. The highest BCUT2D eigenvalue weighted by atomic mass is 32.2. The van der Waals surface area contributed by atoms with Gasteiger partial charge in [-0.1, -0.05) is 6.92 Å². The Balaban J connectivity index is 3.05. The summed E-state index contributed by atoms with van der Waals surface area (Å²) in [6, 6.07) is 2.81. The van der Waals surface area contributed by atoms with Crippen LogP contribution in [0.3, 0.4) is 0 Å². The van der Waals surface area contributed by atoms with Gasteiger partial charge in [-0.05, 0) is 18.6 Å². The molecule has 0 aromatic carbocycles. The molecule has 112 valence electrons. The van der Waals surface area contributed by atoms with Crippen molar-refractivity contribution in [1.82, 2.24) is 14.2 Å². The maximum absolute atomic E-state index is 12.5. The first-order valence-corrected chi connectivity index (χ1v) is 7.65. The molecule has 0 saturated carbocycles. The summed E-state index contributed by atoms with van der Waals surface area (Å²) in [4.78, 5) is 16.9. The molecule has 0 spiro atoms. The van der Waals surface area contributed by atoms with E-state index in [2.05, 4.69) is 4.98 Å². The summed E-state index contributed by atoms with van der Waals surface area (Å²) in [5, 5.41) is 0. The van der Waals surface area contributed by atoms with Crippen molar-refractivity contribution in [2.45, 2.75) is 18.2 Å². The summed E-state index contributed by atoms with van der Waals surface area (Å²) in [5.74, 6) is -0.0270. The van der Waals surface area contributed by atoms with Gasteiger partial charge < -0.3 is 10.6 Å². The van der Waals surface area contributed by atoms with E-state index in [1.54, 1.807) is 14.1 Å². The Labute approximate surface area is 119 Å². The Morgan fingerprint density at radius 1 is 1.35 bits per heavy atom. The number of rotatable bonds is 6. The highest BCUT2D eigenvalue weighted by molar-refractivity contribution is 7.89. The summed E-state index contributed by atoms with van der Waals surface area (Å²) in [6.45, 7) is 1.93. The fourth-order valence-corrected chi connectivity index (χ4v) is 2.95. The zero-order valence-electron chi connectivity index (χ0n) is 11.9. The topological polar surface area (TPSA) is 96.6 Å². The number of pyridine rings is 1. The van der Waals surface area contributed by atoms with Gasteiger partial charge in [0, 0.05) is 26.8 Å². The van der Waals surface area contributed by atoms with Crippen LogP contribution in [-0.2, 0) is 14.8 Å². The lowest BCUT2D eigenvalue weighted by molar-refractivity contribution is -0.128. The van der Waals surface area contributed by atoms with E-state index in [0.29, 0.717) is 6.42 Å². The van der Waals surface area contributed by atoms with Crippen molar-refractivity contribution < 1.29 is 13.2 Å². The van der Waals surface area contributed by atoms with Crippen molar-refractivity contribution >= 4 is 21.7 Å². The van der Waals surface area contributed by atoms with E-state index in [0.717, 1.165) is 4.31 Å². The maximum atomic E-state index is 12.5. The minimum Gasteiger partial charge on any atom is -0.384 e. The van der Waals surface area contributed by atoms with Crippen LogP contribution in [0.2, 0.25) is 0 Å². The van der Waals surface area contributed by atoms with Crippen LogP contribution in [0.25, 0.3) is 0 Å². The first kappa shape index (κ1) is 16.4. The molecule has 1 amide bonds. The van der Waals surface area contributed by atoms with Crippen molar-refractivity contribution in [3.05, 3.63) is 18.3 Å². The average molecular weight is 300 g/mol. The molecule has 8 heteroatoms. The second kappa shape index (κ2) is 6.67. The van der Waals surface area contributed by atoms with Crippen LogP contribution in [0.4, 0.5) is 5.82 Å². The van der Waals surface area contributed by atoms with Gasteiger partial charge in [-0.2, -0.15) is 4.31 Å². The first-order valence-electron chi connectivity index (χ1n) is 6.21. The molecule has 0 saturated heterocycles. The van der Waals surface area contributed by atoms with E-state index < -0.39 is 10.0 Å². The lowest BCUT2D eigenvalue weighted by Crippen LogP contribution is -2.40. The van der Waals surface area contributed by atoms with Gasteiger partial charge in [0.2, 0.25) is 15.9 Å². The summed E-state index contributed by atoms with van der Waals surface area (Å²) in [6.07, 6.45) is 1.82. The van der Waals surface area contributed by atoms with E-state index in [9.17, 15) is 13.2 Å². The second-order valence-electron chi connectivity index (χ2n) is 4.55. The number of anilines is 1. The van der Waals surface area contributed by atoms with E-state index in [4.69, 9.17) is 5.73 Å². The fourth-order valence-electron chi connectivity index (χ4n) is 1.52. The first-order chi connectivity index (χ1) is 9.28. The highest BCUT2D eigenvalue weighted by Gasteiger charge is 2.26. The standard InChI is InChI=1S/C12H20N4O3S/c1-4-7-16(9-12(17)15(2)3)20(18,19)10-5-6-11(13)14-8-10/h5-6,8H,4,7,9H2,1-3H3,(H2,13,14). The van der Waals surface area contributed by atoms with Gasteiger partial charge >= 0.3 is 0 Å². The lowest BCUT2D eigenvalue weighted by atomic mass is 10.4. The van der Waals surface area contributed by atoms with Crippen LogP contribution in [0.1, 0.15) is 13.3 Å². The van der Waals surface area contributed by atoms with E-state index in [-0.39, 0.29) is 29.7 Å². The second-order valence-corrected chi connectivity index (χ2v) is 6.48. The van der Waals surface area contributed by atoms with Crippen molar-refractivity contribution in [2.75, 3.05) is 32.9 Å². The quantitative estimate of drug-likeness (QED) is 0.807. The van der Waals surface area contributed by atoms with Gasteiger partial charge in [0.15, 0.2) is 0 Å². The van der Waals surface area contributed by atoms with Crippen LogP contribution < -0.4 is 5.73 Å². The van der Waals surface area contributed by atoms with Gasteiger partial charge in [-0.3, -0.25) is 4.79 Å². The number of nitrogens with zero attached hydrogens (tertiary/aromatic N) is 3. The number of likely N-dealkylation sites (N-methyl/N-ethyl adjacent to an activating group) is 1. The fraction of sp³-hybridized carbons (Fsp3) is 0.500. The summed E-state index contributed by atoms with van der Waals surface area (Å²) >= 11 is 0. The molecule has 1 aromatic heterocycles. The molecule has 0 aliphatic heterocycles. The third-order valence-corrected chi connectivity index (χ3v) is 4.51. The molecule has 1 aromatic rings.